The van der Waals surface area contributed by atoms with E-state index in [9.17, 15) is 9.59 Å². The SMILES string of the molecule is Cc1c(CC(=O)Nc2nc3ccccc3n2CCN2CCOCC2)nc(C)n(C)c1=O. The van der Waals surface area contributed by atoms with Gasteiger partial charge in [0.05, 0.1) is 36.4 Å². The van der Waals surface area contributed by atoms with Crippen LogP contribution in [-0.4, -0.2) is 62.8 Å². The number of hydrogen-bond acceptors (Lipinski definition) is 6. The number of morpholine rings is 1. The van der Waals surface area contributed by atoms with Crippen molar-refractivity contribution in [1.29, 1.82) is 0 Å². The zero-order chi connectivity index (χ0) is 22.0. The third-order valence-electron chi connectivity index (χ3n) is 5.82. The second-order valence-electron chi connectivity index (χ2n) is 7.85. The number of hydrogen-bond donors (Lipinski definition) is 1. The third kappa shape index (κ3) is 4.52. The molecule has 1 aromatic carbocycles. The lowest BCUT2D eigenvalue weighted by atomic mass is 10.2. The number of benzene rings is 1. The number of imidazole rings is 1. The number of carbonyl (C=O) groups excluding carboxylic acids is 1. The molecule has 3 aromatic rings. The van der Waals surface area contributed by atoms with Crippen LogP contribution < -0.4 is 10.9 Å². The first-order valence-electron chi connectivity index (χ1n) is 10.5. The minimum atomic E-state index is -0.244. The first-order valence-corrected chi connectivity index (χ1v) is 10.5. The number of carbonyl (C=O) groups is 1. The van der Waals surface area contributed by atoms with Gasteiger partial charge < -0.3 is 9.30 Å². The van der Waals surface area contributed by atoms with Crippen LogP contribution in [-0.2, 0) is 29.5 Å². The normalized spacial score (nSPS) is 14.8. The highest BCUT2D eigenvalue weighted by Crippen LogP contribution is 2.20. The van der Waals surface area contributed by atoms with Crippen LogP contribution in [0, 0.1) is 13.8 Å². The van der Waals surface area contributed by atoms with Crippen molar-refractivity contribution in [3.05, 3.63) is 51.7 Å². The van der Waals surface area contributed by atoms with E-state index in [1.54, 1.807) is 20.9 Å². The molecule has 0 saturated carbocycles. The van der Waals surface area contributed by atoms with Crippen LogP contribution in [0.1, 0.15) is 17.1 Å². The molecule has 0 spiro atoms. The largest absolute Gasteiger partial charge is 0.379 e. The van der Waals surface area contributed by atoms with Gasteiger partial charge in [-0.2, -0.15) is 0 Å². The number of fused-ring (bicyclic) bond motifs is 1. The van der Waals surface area contributed by atoms with Crippen LogP contribution >= 0.6 is 0 Å². The van der Waals surface area contributed by atoms with Gasteiger partial charge >= 0.3 is 0 Å². The third-order valence-corrected chi connectivity index (χ3v) is 5.82. The van der Waals surface area contributed by atoms with Crippen LogP contribution in [0.3, 0.4) is 0 Å². The Morgan fingerprint density at radius 2 is 1.87 bits per heavy atom. The van der Waals surface area contributed by atoms with Gasteiger partial charge in [-0.1, -0.05) is 12.1 Å². The van der Waals surface area contributed by atoms with E-state index in [-0.39, 0.29) is 17.9 Å². The summed E-state index contributed by atoms with van der Waals surface area (Å²) < 4.78 is 8.95. The zero-order valence-electron chi connectivity index (χ0n) is 18.2. The number of aryl methyl sites for hydroxylation is 1. The van der Waals surface area contributed by atoms with Crippen molar-refractivity contribution >= 4 is 22.9 Å². The smallest absolute Gasteiger partial charge is 0.256 e. The first-order chi connectivity index (χ1) is 14.9. The molecule has 1 fully saturated rings. The molecule has 0 aliphatic carbocycles. The monoisotopic (exact) mass is 424 g/mol. The number of rotatable bonds is 6. The average molecular weight is 425 g/mol. The number of nitrogens with one attached hydrogen (secondary N) is 1. The summed E-state index contributed by atoms with van der Waals surface area (Å²) in [5, 5.41) is 2.94. The minimum absolute atomic E-state index is 0.0232. The van der Waals surface area contributed by atoms with Gasteiger partial charge in [0.25, 0.3) is 5.56 Å². The van der Waals surface area contributed by atoms with E-state index in [0.717, 1.165) is 43.9 Å². The highest BCUT2D eigenvalue weighted by atomic mass is 16.5. The molecule has 9 nitrogen and oxygen atoms in total. The second-order valence-corrected chi connectivity index (χ2v) is 7.85. The Balaban J connectivity index is 1.55. The summed E-state index contributed by atoms with van der Waals surface area (Å²) >= 11 is 0. The Hall–Kier alpha value is -3.04. The van der Waals surface area contributed by atoms with Crippen molar-refractivity contribution < 1.29 is 9.53 Å². The molecule has 0 atom stereocenters. The van der Waals surface area contributed by atoms with Gasteiger partial charge in [0.2, 0.25) is 11.9 Å². The van der Waals surface area contributed by atoms with Gasteiger partial charge in [-0.3, -0.25) is 24.4 Å². The fraction of sp³-hybridized carbons (Fsp3) is 0.455. The maximum Gasteiger partial charge on any atom is 0.256 e. The summed E-state index contributed by atoms with van der Waals surface area (Å²) in [4.78, 5) is 36.6. The van der Waals surface area contributed by atoms with E-state index < -0.39 is 0 Å². The van der Waals surface area contributed by atoms with E-state index in [1.165, 1.54) is 4.57 Å². The van der Waals surface area contributed by atoms with Crippen molar-refractivity contribution in [3.8, 4) is 0 Å². The molecule has 3 heterocycles. The van der Waals surface area contributed by atoms with Crippen LogP contribution in [0.4, 0.5) is 5.95 Å². The molecule has 9 heteroatoms. The molecule has 1 saturated heterocycles. The number of amides is 1. The van der Waals surface area contributed by atoms with Crippen LogP contribution in [0.2, 0.25) is 0 Å². The van der Waals surface area contributed by atoms with E-state index in [2.05, 4.69) is 20.2 Å². The highest BCUT2D eigenvalue weighted by molar-refractivity contribution is 5.92. The quantitative estimate of drug-likeness (QED) is 0.640. The predicted octanol–water partition coefficient (Wildman–Crippen LogP) is 1.26. The van der Waals surface area contributed by atoms with Gasteiger partial charge in [-0.25, -0.2) is 9.97 Å². The van der Waals surface area contributed by atoms with Crippen LogP contribution in [0.5, 0.6) is 0 Å². The number of para-hydroxylation sites is 2. The van der Waals surface area contributed by atoms with Crippen molar-refractivity contribution in [3.63, 3.8) is 0 Å². The van der Waals surface area contributed by atoms with Crippen molar-refractivity contribution in [1.82, 2.24) is 24.0 Å². The lowest BCUT2D eigenvalue weighted by Gasteiger charge is -2.26. The molecule has 2 aromatic heterocycles. The number of anilines is 1. The number of ether oxygens (including phenoxy) is 1. The Labute approximate surface area is 180 Å². The van der Waals surface area contributed by atoms with Crippen LogP contribution in [0.25, 0.3) is 11.0 Å². The summed E-state index contributed by atoms with van der Waals surface area (Å²) in [6.45, 7) is 8.32. The maximum absolute atomic E-state index is 12.8. The Morgan fingerprint density at radius 1 is 1.13 bits per heavy atom. The van der Waals surface area contributed by atoms with Gasteiger partial charge in [0.1, 0.15) is 5.82 Å². The molecular weight excluding hydrogens is 396 g/mol. The van der Waals surface area contributed by atoms with E-state index >= 15 is 0 Å². The Kier molecular flexibility index (Phi) is 6.15. The van der Waals surface area contributed by atoms with Crippen LogP contribution in [0.15, 0.2) is 29.1 Å². The number of aromatic nitrogens is 4. The standard InChI is InChI=1S/C22H28N6O3/c1-15-18(23-16(2)26(3)21(15)30)14-20(29)25-22-24-17-6-4-5-7-19(17)28(22)9-8-27-10-12-31-13-11-27/h4-7H,8-14H2,1-3H3,(H,24,25,29). The average Bonchev–Trinajstić information content (AvgIpc) is 3.12. The summed E-state index contributed by atoms with van der Waals surface area (Å²) in [5.41, 5.74) is 2.66. The summed E-state index contributed by atoms with van der Waals surface area (Å²) in [6.07, 6.45) is 0.0232. The molecule has 0 unspecified atom stereocenters. The highest BCUT2D eigenvalue weighted by Gasteiger charge is 2.18. The first kappa shape index (κ1) is 21.2. The molecule has 1 aliphatic heterocycles. The molecule has 1 aliphatic rings. The summed E-state index contributed by atoms with van der Waals surface area (Å²) in [7, 11) is 1.68. The van der Waals surface area contributed by atoms with E-state index in [4.69, 9.17) is 4.74 Å². The minimum Gasteiger partial charge on any atom is -0.379 e. The molecule has 1 N–H and O–H groups in total. The summed E-state index contributed by atoms with van der Waals surface area (Å²) in [5.74, 6) is 0.847. The van der Waals surface area contributed by atoms with Gasteiger partial charge in [0.15, 0.2) is 0 Å². The molecule has 31 heavy (non-hydrogen) atoms. The Morgan fingerprint density at radius 3 is 2.65 bits per heavy atom. The molecular formula is C22H28N6O3. The van der Waals surface area contributed by atoms with Gasteiger partial charge in [0, 0.05) is 38.8 Å². The number of nitrogens with zero attached hydrogens (tertiary/aromatic N) is 5. The topological polar surface area (TPSA) is 94.3 Å². The predicted molar refractivity (Wildman–Crippen MR) is 118 cm³/mol. The van der Waals surface area contributed by atoms with E-state index in [1.807, 2.05) is 28.8 Å². The fourth-order valence-corrected chi connectivity index (χ4v) is 3.83. The maximum atomic E-state index is 12.8. The molecule has 1 amide bonds. The zero-order valence-corrected chi connectivity index (χ0v) is 18.2. The lowest BCUT2D eigenvalue weighted by molar-refractivity contribution is -0.115. The molecule has 4 rings (SSSR count). The van der Waals surface area contributed by atoms with Crippen molar-refractivity contribution in [2.24, 2.45) is 7.05 Å². The van der Waals surface area contributed by atoms with E-state index in [0.29, 0.717) is 29.6 Å². The van der Waals surface area contributed by atoms with Gasteiger partial charge in [-0.15, -0.1) is 0 Å². The van der Waals surface area contributed by atoms with Crippen molar-refractivity contribution in [2.45, 2.75) is 26.8 Å². The van der Waals surface area contributed by atoms with Gasteiger partial charge in [-0.05, 0) is 26.0 Å². The molecule has 0 radical (unpaired) electrons. The summed E-state index contributed by atoms with van der Waals surface area (Å²) in [6, 6.07) is 7.85. The lowest BCUT2D eigenvalue weighted by Crippen LogP contribution is -2.38. The Bertz CT molecular complexity index is 1160. The molecule has 164 valence electrons. The second kappa shape index (κ2) is 8.99. The fourth-order valence-electron chi connectivity index (χ4n) is 3.83. The molecule has 0 bridgehead atoms. The van der Waals surface area contributed by atoms with Crippen molar-refractivity contribution in [2.75, 3.05) is 38.2 Å².